The number of esters is 3. The van der Waals surface area contributed by atoms with Crippen molar-refractivity contribution in [1.82, 2.24) is 0 Å². The maximum atomic E-state index is 12.8. The Morgan fingerprint density at radius 2 is 0.539 bits per heavy atom. The first-order valence-corrected chi connectivity index (χ1v) is 32.9. The molecule has 440 valence electrons. The molecule has 0 N–H and O–H groups in total. The molecule has 6 heteroatoms. The van der Waals surface area contributed by atoms with Crippen LogP contribution in [0.15, 0.2) is 72.9 Å². The Morgan fingerprint density at radius 1 is 0.276 bits per heavy atom. The predicted molar refractivity (Wildman–Crippen MR) is 330 cm³/mol. The number of hydrogen-bond acceptors (Lipinski definition) is 6. The maximum Gasteiger partial charge on any atom is 0.306 e. The highest BCUT2D eigenvalue weighted by Gasteiger charge is 2.19. The third-order valence-electron chi connectivity index (χ3n) is 14.4. The van der Waals surface area contributed by atoms with Gasteiger partial charge in [0.2, 0.25) is 0 Å². The van der Waals surface area contributed by atoms with E-state index in [1.165, 1.54) is 193 Å². The topological polar surface area (TPSA) is 78.9 Å². The first-order valence-electron chi connectivity index (χ1n) is 32.9. The van der Waals surface area contributed by atoms with Gasteiger partial charge in [0.25, 0.3) is 0 Å². The van der Waals surface area contributed by atoms with E-state index >= 15 is 0 Å². The smallest absolute Gasteiger partial charge is 0.306 e. The Labute approximate surface area is 472 Å². The van der Waals surface area contributed by atoms with Crippen molar-refractivity contribution in [2.45, 2.75) is 341 Å². The SMILES string of the molecule is CC/C=C\C/C=C\C/C=C\C/C=C\CCCCC(=O)OC(COC(=O)CCCCCCC/C=C\CCC)COC(=O)CCCCCCCCCCCCCCCCCCCCCCC/C=C\CCCCCCCCCC. The van der Waals surface area contributed by atoms with Gasteiger partial charge in [-0.05, 0) is 103 Å². The number of allylic oxidation sites excluding steroid dienone is 12. The van der Waals surface area contributed by atoms with Gasteiger partial charge in [-0.1, -0.05) is 286 Å². The van der Waals surface area contributed by atoms with Crippen molar-refractivity contribution in [3.63, 3.8) is 0 Å². The average Bonchev–Trinajstić information content (AvgIpc) is 3.42. The molecule has 0 spiro atoms. The van der Waals surface area contributed by atoms with Crippen LogP contribution in [-0.4, -0.2) is 37.2 Å². The molecule has 0 aromatic heterocycles. The Morgan fingerprint density at radius 3 is 0.895 bits per heavy atom. The van der Waals surface area contributed by atoms with Crippen LogP contribution < -0.4 is 0 Å². The monoisotopic (exact) mass is 1060 g/mol. The summed E-state index contributed by atoms with van der Waals surface area (Å²) in [7, 11) is 0. The lowest BCUT2D eigenvalue weighted by Crippen LogP contribution is -2.30. The van der Waals surface area contributed by atoms with Crippen molar-refractivity contribution >= 4 is 17.9 Å². The molecule has 0 heterocycles. The van der Waals surface area contributed by atoms with Gasteiger partial charge in [-0.2, -0.15) is 0 Å². The van der Waals surface area contributed by atoms with Crippen LogP contribution >= 0.6 is 0 Å². The van der Waals surface area contributed by atoms with E-state index in [0.29, 0.717) is 19.3 Å². The molecular formula is C70H124O6. The summed E-state index contributed by atoms with van der Waals surface area (Å²) in [5.74, 6) is -0.935. The largest absolute Gasteiger partial charge is 0.462 e. The molecule has 0 aliphatic rings. The summed E-state index contributed by atoms with van der Waals surface area (Å²) in [5.41, 5.74) is 0. The van der Waals surface area contributed by atoms with Crippen molar-refractivity contribution in [3.8, 4) is 0 Å². The second-order valence-electron chi connectivity index (χ2n) is 22.0. The molecule has 0 saturated carbocycles. The van der Waals surface area contributed by atoms with Gasteiger partial charge in [-0.3, -0.25) is 14.4 Å². The summed E-state index contributed by atoms with van der Waals surface area (Å²) in [6.07, 6.45) is 83.9. The lowest BCUT2D eigenvalue weighted by atomic mass is 10.0. The Balaban J connectivity index is 4.07. The summed E-state index contributed by atoms with van der Waals surface area (Å²) < 4.78 is 16.8. The minimum Gasteiger partial charge on any atom is -0.462 e. The van der Waals surface area contributed by atoms with Crippen molar-refractivity contribution in [2.24, 2.45) is 0 Å². The van der Waals surface area contributed by atoms with E-state index in [0.717, 1.165) is 96.3 Å². The van der Waals surface area contributed by atoms with E-state index in [1.807, 2.05) is 0 Å². The first-order chi connectivity index (χ1) is 37.5. The summed E-state index contributed by atoms with van der Waals surface area (Å²) >= 11 is 0. The summed E-state index contributed by atoms with van der Waals surface area (Å²) in [5, 5.41) is 0. The van der Waals surface area contributed by atoms with E-state index in [4.69, 9.17) is 14.2 Å². The molecule has 0 aliphatic carbocycles. The van der Waals surface area contributed by atoms with E-state index in [-0.39, 0.29) is 37.5 Å². The van der Waals surface area contributed by atoms with Crippen LogP contribution in [0.5, 0.6) is 0 Å². The van der Waals surface area contributed by atoms with Crippen LogP contribution in [0.25, 0.3) is 0 Å². The van der Waals surface area contributed by atoms with Gasteiger partial charge in [0.05, 0.1) is 0 Å². The zero-order chi connectivity index (χ0) is 55.0. The van der Waals surface area contributed by atoms with Crippen LogP contribution in [0.4, 0.5) is 0 Å². The molecule has 0 aromatic carbocycles. The quantitative estimate of drug-likeness (QED) is 0.0261. The zero-order valence-corrected chi connectivity index (χ0v) is 50.5. The van der Waals surface area contributed by atoms with Gasteiger partial charge >= 0.3 is 17.9 Å². The average molecular weight is 1060 g/mol. The molecule has 0 radical (unpaired) electrons. The van der Waals surface area contributed by atoms with Gasteiger partial charge in [0, 0.05) is 19.3 Å². The molecule has 0 fully saturated rings. The maximum absolute atomic E-state index is 12.8. The van der Waals surface area contributed by atoms with Gasteiger partial charge in [-0.25, -0.2) is 0 Å². The fourth-order valence-electron chi connectivity index (χ4n) is 9.49. The van der Waals surface area contributed by atoms with Crippen LogP contribution in [-0.2, 0) is 28.6 Å². The van der Waals surface area contributed by atoms with E-state index in [2.05, 4.69) is 93.7 Å². The number of ether oxygens (including phenoxy) is 3. The van der Waals surface area contributed by atoms with E-state index in [9.17, 15) is 14.4 Å². The minimum atomic E-state index is -0.799. The summed E-state index contributed by atoms with van der Waals surface area (Å²) in [6, 6.07) is 0. The van der Waals surface area contributed by atoms with E-state index < -0.39 is 6.10 Å². The molecule has 0 amide bonds. The number of hydrogen-bond donors (Lipinski definition) is 0. The van der Waals surface area contributed by atoms with Crippen LogP contribution in [0.1, 0.15) is 335 Å². The van der Waals surface area contributed by atoms with Crippen molar-refractivity contribution in [2.75, 3.05) is 13.2 Å². The van der Waals surface area contributed by atoms with E-state index in [1.54, 1.807) is 0 Å². The predicted octanol–water partition coefficient (Wildman–Crippen LogP) is 22.5. The number of rotatable bonds is 60. The highest BCUT2D eigenvalue weighted by molar-refractivity contribution is 5.71. The second-order valence-corrected chi connectivity index (χ2v) is 22.0. The molecule has 0 bridgehead atoms. The van der Waals surface area contributed by atoms with Crippen LogP contribution in [0.2, 0.25) is 0 Å². The fourth-order valence-corrected chi connectivity index (χ4v) is 9.49. The Kier molecular flexibility index (Phi) is 61.7. The molecule has 0 aliphatic heterocycles. The van der Waals surface area contributed by atoms with Crippen molar-refractivity contribution < 1.29 is 28.6 Å². The van der Waals surface area contributed by atoms with Gasteiger partial charge in [0.15, 0.2) is 6.10 Å². The van der Waals surface area contributed by atoms with Gasteiger partial charge < -0.3 is 14.2 Å². The number of carbonyl (C=O) groups is 3. The lowest BCUT2D eigenvalue weighted by molar-refractivity contribution is -0.167. The van der Waals surface area contributed by atoms with Gasteiger partial charge in [0.1, 0.15) is 13.2 Å². The Hall–Kier alpha value is -3.15. The van der Waals surface area contributed by atoms with Gasteiger partial charge in [-0.15, -0.1) is 0 Å². The Bertz CT molecular complexity index is 1400. The van der Waals surface area contributed by atoms with Crippen LogP contribution in [0, 0.1) is 0 Å². The van der Waals surface area contributed by atoms with Crippen LogP contribution in [0.3, 0.4) is 0 Å². The minimum absolute atomic E-state index is 0.0924. The van der Waals surface area contributed by atoms with Crippen molar-refractivity contribution in [1.29, 1.82) is 0 Å². The highest BCUT2D eigenvalue weighted by Crippen LogP contribution is 2.17. The third kappa shape index (κ3) is 61.7. The van der Waals surface area contributed by atoms with Crippen molar-refractivity contribution in [3.05, 3.63) is 72.9 Å². The highest BCUT2D eigenvalue weighted by atomic mass is 16.6. The first kappa shape index (κ1) is 72.8. The number of carbonyl (C=O) groups excluding carboxylic acids is 3. The summed E-state index contributed by atoms with van der Waals surface area (Å²) in [6.45, 7) is 6.45. The molecular weight excluding hydrogens is 937 g/mol. The fraction of sp³-hybridized carbons (Fsp3) is 0.786. The third-order valence-corrected chi connectivity index (χ3v) is 14.4. The molecule has 0 saturated heterocycles. The molecule has 1 unspecified atom stereocenters. The second kappa shape index (κ2) is 64.4. The molecule has 76 heavy (non-hydrogen) atoms. The zero-order valence-electron chi connectivity index (χ0n) is 50.5. The lowest BCUT2D eigenvalue weighted by Gasteiger charge is -2.18. The molecule has 0 aromatic rings. The molecule has 1 atom stereocenters. The number of unbranched alkanes of at least 4 members (excludes halogenated alkanes) is 37. The molecule has 0 rings (SSSR count). The molecule has 6 nitrogen and oxygen atoms in total. The summed E-state index contributed by atoms with van der Waals surface area (Å²) in [4.78, 5) is 38.1. The normalized spacial score (nSPS) is 12.5. The standard InChI is InChI=1S/C70H124O6/c1-4-7-10-13-16-19-22-24-26-27-28-29-30-31-32-33-34-35-36-37-38-39-40-41-42-43-45-46-48-51-54-57-60-63-69(72)75-66-67(65-74-68(71)62-59-56-53-50-21-18-15-12-9-6-3)76-70(73)64-61-58-55-52-49-47-44-25-23-20-17-14-11-8-5-2/h8,11-12,15,17,20,25,27-28,44,49,52,67H,4-7,9-10,13-14,16,18-19,21-24,26,29-43,45-48,50-51,53-66H2,1-3H3/b11-8-,15-12-,20-17-,28-27-,44-25-,52-49-.